The average molecular weight is 761 g/mol. The molecule has 0 aliphatic carbocycles. The molecule has 0 radical (unpaired) electrons. The molecular weight excluding hydrogens is 721 g/mol. The Morgan fingerprint density at radius 1 is 0.685 bits per heavy atom. The predicted octanol–water partition coefficient (Wildman–Crippen LogP) is 8.57. The molecule has 0 saturated carbocycles. The molecule has 5 atom stereocenters. The molecule has 0 spiro atoms. The second-order valence-corrected chi connectivity index (χ2v) is 13.9. The van der Waals surface area contributed by atoms with Gasteiger partial charge in [0.15, 0.2) is 6.61 Å². The summed E-state index contributed by atoms with van der Waals surface area (Å²) >= 11 is 6.77. The van der Waals surface area contributed by atoms with Crippen LogP contribution in [0.1, 0.15) is 33.4 Å². The second kappa shape index (κ2) is 16.6. The van der Waals surface area contributed by atoms with Crippen LogP contribution in [-0.2, 0) is 55.7 Å². The first-order valence-electron chi connectivity index (χ1n) is 17.7. The minimum absolute atomic E-state index is 0.0172. The molecule has 1 N–H and O–H groups in total. The third-order valence-electron chi connectivity index (χ3n) is 9.64. The van der Waals surface area contributed by atoms with Crippen LogP contribution in [0.5, 0.6) is 5.75 Å². The zero-order valence-electron chi connectivity index (χ0n) is 29.3. The molecule has 2 heterocycles. The van der Waals surface area contributed by atoms with E-state index in [0.29, 0.717) is 22.6 Å². The van der Waals surface area contributed by atoms with E-state index in [2.05, 4.69) is 0 Å². The van der Waals surface area contributed by atoms with E-state index in [1.165, 1.54) is 12.1 Å². The van der Waals surface area contributed by atoms with E-state index in [9.17, 15) is 18.3 Å². The minimum atomic E-state index is -4.44. The van der Waals surface area contributed by atoms with Crippen LogP contribution >= 0.6 is 11.6 Å². The molecule has 282 valence electrons. The van der Waals surface area contributed by atoms with Gasteiger partial charge in [-0.3, -0.25) is 0 Å². The summed E-state index contributed by atoms with van der Waals surface area (Å²) in [5, 5.41) is 11.6. The van der Waals surface area contributed by atoms with Gasteiger partial charge in [0.05, 0.1) is 33.0 Å². The van der Waals surface area contributed by atoms with E-state index in [1.54, 1.807) is 18.2 Å². The largest absolute Gasteiger partial charge is 0.484 e. The third kappa shape index (κ3) is 8.66. The molecule has 7 nitrogen and oxygen atoms in total. The van der Waals surface area contributed by atoms with Gasteiger partial charge in [-0.05, 0) is 58.5 Å². The summed E-state index contributed by atoms with van der Waals surface area (Å²) in [6, 6.07) is 41.1. The number of aliphatic hydroxyl groups excluding tert-OH is 1. The van der Waals surface area contributed by atoms with Crippen LogP contribution < -0.4 is 4.74 Å². The normalized spacial score (nSPS) is 23.7. The maximum absolute atomic E-state index is 12.7. The summed E-state index contributed by atoms with van der Waals surface area (Å²) in [7, 11) is 0. The highest BCUT2D eigenvalue weighted by atomic mass is 35.5. The van der Waals surface area contributed by atoms with Crippen molar-refractivity contribution in [2.75, 3.05) is 19.8 Å². The van der Waals surface area contributed by atoms with Crippen molar-refractivity contribution in [3.05, 3.63) is 172 Å². The Balaban J connectivity index is 1.25. The molecule has 2 aliphatic heterocycles. The van der Waals surface area contributed by atoms with Gasteiger partial charge in [-0.15, -0.1) is 0 Å². The van der Waals surface area contributed by atoms with Gasteiger partial charge in [-0.25, -0.2) is 0 Å². The Labute approximate surface area is 317 Å². The van der Waals surface area contributed by atoms with Gasteiger partial charge in [0, 0.05) is 10.6 Å². The molecule has 2 aliphatic rings. The van der Waals surface area contributed by atoms with E-state index in [-0.39, 0.29) is 32.2 Å². The number of benzene rings is 5. The van der Waals surface area contributed by atoms with Crippen LogP contribution in [0.2, 0.25) is 5.02 Å². The molecule has 2 fully saturated rings. The highest BCUT2D eigenvalue weighted by molar-refractivity contribution is 6.31. The topological polar surface area (TPSA) is 75.6 Å². The number of fused-ring (bicyclic) bond motifs is 2. The van der Waals surface area contributed by atoms with Gasteiger partial charge in [-0.1, -0.05) is 121 Å². The summed E-state index contributed by atoms with van der Waals surface area (Å²) in [6.07, 6.45) is -6.59. The maximum atomic E-state index is 12.7. The zero-order chi connectivity index (χ0) is 37.6. The quantitative estimate of drug-likeness (QED) is 0.115. The Hall–Kier alpha value is -4.26. The zero-order valence-corrected chi connectivity index (χ0v) is 30.0. The average Bonchev–Trinajstić information content (AvgIpc) is 3.55. The van der Waals surface area contributed by atoms with Crippen molar-refractivity contribution < 1.29 is 46.7 Å². The van der Waals surface area contributed by atoms with Gasteiger partial charge in [-0.2, -0.15) is 13.2 Å². The molecule has 0 amide bonds. The van der Waals surface area contributed by atoms with Crippen molar-refractivity contribution in [3.8, 4) is 5.75 Å². The summed E-state index contributed by atoms with van der Waals surface area (Å²) < 4.78 is 76.9. The van der Waals surface area contributed by atoms with Gasteiger partial charge in [0.1, 0.15) is 29.7 Å². The molecule has 11 heteroatoms. The molecule has 2 bridgehead atoms. The van der Waals surface area contributed by atoms with Crippen molar-refractivity contribution in [1.29, 1.82) is 0 Å². The summed E-state index contributed by atoms with van der Waals surface area (Å²) in [5.74, 6) is -1.45. The van der Waals surface area contributed by atoms with Crippen LogP contribution in [0.25, 0.3) is 0 Å². The second-order valence-electron chi connectivity index (χ2n) is 13.5. The van der Waals surface area contributed by atoms with E-state index in [0.717, 1.165) is 22.3 Å². The number of rotatable bonds is 15. The molecule has 0 aromatic heterocycles. The summed E-state index contributed by atoms with van der Waals surface area (Å²) in [4.78, 5) is 0. The number of halogens is 4. The lowest BCUT2D eigenvalue weighted by Crippen LogP contribution is -2.67. The van der Waals surface area contributed by atoms with Crippen molar-refractivity contribution in [3.63, 3.8) is 0 Å². The number of hydrogen-bond acceptors (Lipinski definition) is 7. The Morgan fingerprint density at radius 2 is 1.24 bits per heavy atom. The summed E-state index contributed by atoms with van der Waals surface area (Å²) in [5.41, 5.74) is 3.58. The van der Waals surface area contributed by atoms with Crippen LogP contribution in [-0.4, -0.2) is 55.0 Å². The fraction of sp³-hybridized carbons (Fsp3) is 0.302. The van der Waals surface area contributed by atoms with Crippen LogP contribution in [0, 0.1) is 0 Å². The lowest BCUT2D eigenvalue weighted by Gasteiger charge is -2.50. The minimum Gasteiger partial charge on any atom is -0.484 e. The molecule has 5 aromatic rings. The lowest BCUT2D eigenvalue weighted by atomic mass is 9.83. The maximum Gasteiger partial charge on any atom is 0.422 e. The molecule has 54 heavy (non-hydrogen) atoms. The molecule has 2 saturated heterocycles. The monoisotopic (exact) mass is 760 g/mol. The predicted molar refractivity (Wildman–Crippen MR) is 196 cm³/mol. The van der Waals surface area contributed by atoms with Crippen molar-refractivity contribution in [2.45, 2.75) is 62.1 Å². The van der Waals surface area contributed by atoms with Crippen LogP contribution in [0.15, 0.2) is 133 Å². The number of alkyl halides is 3. The van der Waals surface area contributed by atoms with Crippen LogP contribution in [0.3, 0.4) is 0 Å². The fourth-order valence-corrected chi connectivity index (χ4v) is 7.13. The molecular formula is C43H40ClF3O7. The van der Waals surface area contributed by atoms with Crippen molar-refractivity contribution in [2.24, 2.45) is 0 Å². The van der Waals surface area contributed by atoms with Gasteiger partial charge < -0.3 is 33.5 Å². The standard InChI is InChI=1S/C43H40ClF3O7/c44-37-21-18-35(23-34(37)22-30-16-19-36(20-17-30)52-29-42(45,46)47)43-40(51-26-33-14-8-3-9-15-33)38(49-24-31-10-4-1-5-11-31)39(41(27-48,54-43)28-53-43)50-25-32-12-6-2-7-13-32/h1-21,23,38-40,48H,22,24-29H2/t38-,39-,40+,41+,43?/m0/s1. The lowest BCUT2D eigenvalue weighted by molar-refractivity contribution is -0.353. The Kier molecular flexibility index (Phi) is 11.7. The van der Waals surface area contributed by atoms with E-state index >= 15 is 0 Å². The smallest absolute Gasteiger partial charge is 0.422 e. The number of hydrogen-bond donors (Lipinski definition) is 1. The van der Waals surface area contributed by atoms with Crippen LogP contribution in [0.4, 0.5) is 13.2 Å². The highest BCUT2D eigenvalue weighted by Gasteiger charge is 2.69. The number of aliphatic hydroxyl groups is 1. The summed E-state index contributed by atoms with van der Waals surface area (Å²) in [6.45, 7) is -1.16. The first-order chi connectivity index (χ1) is 26.2. The molecule has 5 aromatic carbocycles. The van der Waals surface area contributed by atoms with Gasteiger partial charge >= 0.3 is 6.18 Å². The molecule has 1 unspecified atom stereocenters. The Morgan fingerprint density at radius 3 is 1.80 bits per heavy atom. The van der Waals surface area contributed by atoms with Crippen molar-refractivity contribution >= 4 is 11.6 Å². The van der Waals surface area contributed by atoms with E-state index < -0.39 is 49.1 Å². The third-order valence-corrected chi connectivity index (χ3v) is 10.0. The van der Waals surface area contributed by atoms with Gasteiger partial charge in [0.25, 0.3) is 0 Å². The van der Waals surface area contributed by atoms with Gasteiger partial charge in [0.2, 0.25) is 5.79 Å². The van der Waals surface area contributed by atoms with Crippen molar-refractivity contribution in [1.82, 2.24) is 0 Å². The SMILES string of the molecule is OC[C@]12COC(c3ccc(Cl)c(Cc4ccc(OCC(F)(F)F)cc4)c3)(O1)[C@H](OCc1ccccc1)[C@@H](OCc1ccccc1)[C@@H]2OCc1ccccc1. The fourth-order valence-electron chi connectivity index (χ4n) is 6.95. The van der Waals surface area contributed by atoms with E-state index in [1.807, 2.05) is 103 Å². The first-order valence-corrected chi connectivity index (χ1v) is 18.0. The Bertz CT molecular complexity index is 1950. The number of ether oxygens (including phenoxy) is 6. The first kappa shape index (κ1) is 38.0. The molecule has 7 rings (SSSR count). The highest BCUT2D eigenvalue weighted by Crippen LogP contribution is 2.53. The van der Waals surface area contributed by atoms with E-state index in [4.69, 9.17) is 40.0 Å².